The summed E-state index contributed by atoms with van der Waals surface area (Å²) in [5.74, 6) is -0.721. The number of anilines is 1. The third-order valence-corrected chi connectivity index (χ3v) is 4.11. The molecule has 0 fully saturated rings. The van der Waals surface area contributed by atoms with Gasteiger partial charge in [0.05, 0.1) is 5.56 Å². The Labute approximate surface area is 112 Å². The molecule has 0 atom stereocenters. The monoisotopic (exact) mass is 300 g/mol. The first-order valence-electron chi connectivity index (χ1n) is 4.91. The molecule has 0 unspecified atom stereocenters. The number of nitrogens with one attached hydrogen (secondary N) is 1. The number of aromatic carboxylic acids is 1. The fourth-order valence-corrected chi connectivity index (χ4v) is 2.90. The molecule has 0 bridgehead atoms. The Kier molecular flexibility index (Phi) is 3.44. The first-order valence-corrected chi connectivity index (χ1v) is 7.16. The van der Waals surface area contributed by atoms with E-state index in [1.54, 1.807) is 6.92 Å². The Bertz CT molecular complexity index is 708. The third-order valence-electron chi connectivity index (χ3n) is 2.01. The number of aromatic nitrogens is 3. The van der Waals surface area contributed by atoms with Gasteiger partial charge in [0, 0.05) is 17.7 Å². The number of nitrogens with zero attached hydrogens (tertiary/aromatic N) is 3. The molecule has 0 aromatic carbocycles. The molecule has 0 saturated carbocycles. The molecule has 0 amide bonds. The summed E-state index contributed by atoms with van der Waals surface area (Å²) < 4.78 is 29.9. The lowest BCUT2D eigenvalue weighted by Crippen LogP contribution is -2.14. The molecule has 0 spiro atoms. The second kappa shape index (κ2) is 4.90. The summed E-state index contributed by atoms with van der Waals surface area (Å²) >= 11 is 0.906. The fraction of sp³-hybridized carbons (Fsp3) is 0.111. The molecular weight excluding hydrogens is 292 g/mol. The van der Waals surface area contributed by atoms with Gasteiger partial charge in [-0.1, -0.05) is 0 Å². The van der Waals surface area contributed by atoms with Gasteiger partial charge in [0.15, 0.2) is 5.03 Å². The molecule has 8 nitrogen and oxygen atoms in total. The number of aryl methyl sites for hydroxylation is 1. The van der Waals surface area contributed by atoms with E-state index in [0.29, 0.717) is 5.82 Å². The number of pyridine rings is 1. The molecule has 0 aliphatic heterocycles. The van der Waals surface area contributed by atoms with Crippen molar-refractivity contribution in [3.05, 3.63) is 29.7 Å². The highest BCUT2D eigenvalue weighted by atomic mass is 32.2. The summed E-state index contributed by atoms with van der Waals surface area (Å²) in [7, 11) is -3.89. The van der Waals surface area contributed by atoms with Crippen molar-refractivity contribution in [2.45, 2.75) is 11.9 Å². The molecule has 0 saturated heterocycles. The van der Waals surface area contributed by atoms with Crippen molar-refractivity contribution in [2.24, 2.45) is 0 Å². The van der Waals surface area contributed by atoms with Crippen LogP contribution in [-0.2, 0) is 10.0 Å². The van der Waals surface area contributed by atoms with Crippen LogP contribution in [0.25, 0.3) is 0 Å². The van der Waals surface area contributed by atoms with Crippen molar-refractivity contribution in [3.8, 4) is 0 Å². The van der Waals surface area contributed by atoms with Crippen molar-refractivity contribution >= 4 is 32.7 Å². The predicted octanol–water partition coefficient (Wildman–Crippen LogP) is 0.741. The lowest BCUT2D eigenvalue weighted by molar-refractivity contribution is 0.0696. The van der Waals surface area contributed by atoms with Gasteiger partial charge in [0.25, 0.3) is 10.0 Å². The topological polar surface area (TPSA) is 122 Å². The largest absolute Gasteiger partial charge is 0.478 e. The number of hydrogen-bond acceptors (Lipinski definition) is 7. The minimum atomic E-state index is -3.89. The van der Waals surface area contributed by atoms with E-state index in [-0.39, 0.29) is 15.7 Å². The van der Waals surface area contributed by atoms with Gasteiger partial charge in [-0.25, -0.2) is 14.8 Å². The molecule has 100 valence electrons. The van der Waals surface area contributed by atoms with Crippen LogP contribution >= 0.6 is 11.5 Å². The minimum Gasteiger partial charge on any atom is -0.478 e. The molecule has 2 rings (SSSR count). The van der Waals surface area contributed by atoms with Crippen LogP contribution < -0.4 is 4.72 Å². The fourth-order valence-electron chi connectivity index (χ4n) is 1.17. The zero-order chi connectivity index (χ0) is 14.0. The van der Waals surface area contributed by atoms with Crippen LogP contribution in [0.5, 0.6) is 0 Å². The van der Waals surface area contributed by atoms with Crippen LogP contribution in [0.2, 0.25) is 0 Å². The Morgan fingerprint density at radius 1 is 1.42 bits per heavy atom. The van der Waals surface area contributed by atoms with E-state index in [4.69, 9.17) is 5.11 Å². The second-order valence-corrected chi connectivity index (χ2v) is 5.82. The molecule has 2 aromatic rings. The number of hydrogen-bond donors (Lipinski definition) is 2. The van der Waals surface area contributed by atoms with Gasteiger partial charge >= 0.3 is 5.97 Å². The predicted molar refractivity (Wildman–Crippen MR) is 66.7 cm³/mol. The van der Waals surface area contributed by atoms with Crippen molar-refractivity contribution < 1.29 is 18.3 Å². The summed E-state index contributed by atoms with van der Waals surface area (Å²) in [6, 6.07) is 2.27. The van der Waals surface area contributed by atoms with E-state index in [9.17, 15) is 13.2 Å². The molecule has 0 radical (unpaired) electrons. The van der Waals surface area contributed by atoms with E-state index in [1.165, 1.54) is 0 Å². The highest BCUT2D eigenvalue weighted by Gasteiger charge is 2.18. The zero-order valence-electron chi connectivity index (χ0n) is 9.56. The van der Waals surface area contributed by atoms with Gasteiger partial charge in [-0.3, -0.25) is 4.72 Å². The number of sulfonamides is 1. The van der Waals surface area contributed by atoms with Crippen molar-refractivity contribution in [1.82, 2.24) is 14.3 Å². The maximum atomic E-state index is 11.9. The molecule has 0 aliphatic carbocycles. The van der Waals surface area contributed by atoms with Gasteiger partial charge in [-0.05, 0) is 19.1 Å². The van der Waals surface area contributed by atoms with Crippen molar-refractivity contribution in [3.63, 3.8) is 0 Å². The van der Waals surface area contributed by atoms with Gasteiger partial charge in [-0.2, -0.15) is 12.8 Å². The average molecular weight is 300 g/mol. The van der Waals surface area contributed by atoms with Gasteiger partial charge in [-0.15, -0.1) is 0 Å². The van der Waals surface area contributed by atoms with Gasteiger partial charge in [0.1, 0.15) is 5.82 Å². The molecule has 19 heavy (non-hydrogen) atoms. The Morgan fingerprint density at radius 3 is 2.63 bits per heavy atom. The van der Waals surface area contributed by atoms with Crippen LogP contribution in [0.3, 0.4) is 0 Å². The highest BCUT2D eigenvalue weighted by Crippen LogP contribution is 2.16. The van der Waals surface area contributed by atoms with Crippen LogP contribution in [-0.4, -0.2) is 33.8 Å². The number of rotatable bonds is 4. The van der Waals surface area contributed by atoms with Crippen LogP contribution in [0.4, 0.5) is 5.13 Å². The molecule has 2 N–H and O–H groups in total. The summed E-state index contributed by atoms with van der Waals surface area (Å²) in [4.78, 5) is 18.1. The second-order valence-electron chi connectivity index (χ2n) is 3.44. The maximum absolute atomic E-state index is 11.9. The lowest BCUT2D eigenvalue weighted by Gasteiger charge is -2.03. The number of carboxylic acids is 1. The molecule has 10 heteroatoms. The third kappa shape index (κ3) is 3.03. The Balaban J connectivity index is 2.26. The van der Waals surface area contributed by atoms with E-state index >= 15 is 0 Å². The summed E-state index contributed by atoms with van der Waals surface area (Å²) in [5.41, 5.74) is -0.0919. The van der Waals surface area contributed by atoms with E-state index in [0.717, 1.165) is 29.9 Å². The smallest absolute Gasteiger partial charge is 0.337 e. The van der Waals surface area contributed by atoms with Crippen LogP contribution in [0, 0.1) is 6.92 Å². The van der Waals surface area contributed by atoms with Crippen LogP contribution in [0.15, 0.2) is 23.4 Å². The van der Waals surface area contributed by atoms with Crippen molar-refractivity contribution in [2.75, 3.05) is 4.72 Å². The zero-order valence-corrected chi connectivity index (χ0v) is 11.2. The first-order chi connectivity index (χ1) is 8.88. The SMILES string of the molecule is Cc1nsc(NS(=O)(=O)c2ccc(C(=O)O)cn2)n1. The van der Waals surface area contributed by atoms with E-state index in [1.807, 2.05) is 0 Å². The molecule has 2 heterocycles. The Hall–Kier alpha value is -2.07. The van der Waals surface area contributed by atoms with Gasteiger partial charge < -0.3 is 5.11 Å². The summed E-state index contributed by atoms with van der Waals surface area (Å²) in [5, 5.41) is 8.53. The maximum Gasteiger partial charge on any atom is 0.337 e. The summed E-state index contributed by atoms with van der Waals surface area (Å²) in [6.45, 7) is 1.63. The minimum absolute atomic E-state index is 0.0919. The first kappa shape index (κ1) is 13.4. The van der Waals surface area contributed by atoms with Gasteiger partial charge in [0.2, 0.25) is 5.13 Å². The Morgan fingerprint density at radius 2 is 2.16 bits per heavy atom. The number of carboxylic acid groups (broad SMARTS) is 1. The highest BCUT2D eigenvalue weighted by molar-refractivity contribution is 7.92. The standard InChI is InChI=1S/C9H8N4O4S2/c1-5-11-9(18-12-5)13-19(16,17)7-3-2-6(4-10-7)8(14)15/h2-4H,1H3,(H,14,15)(H,11,12,13). The number of carbonyl (C=O) groups is 1. The van der Waals surface area contributed by atoms with E-state index in [2.05, 4.69) is 19.1 Å². The molecule has 0 aliphatic rings. The quantitative estimate of drug-likeness (QED) is 0.853. The summed E-state index contributed by atoms with van der Waals surface area (Å²) in [6.07, 6.45) is 0.974. The lowest BCUT2D eigenvalue weighted by atomic mass is 10.3. The van der Waals surface area contributed by atoms with Crippen molar-refractivity contribution in [1.29, 1.82) is 0 Å². The van der Waals surface area contributed by atoms with Crippen LogP contribution in [0.1, 0.15) is 16.2 Å². The molecule has 2 aromatic heterocycles. The molecular formula is C9H8N4O4S2. The normalized spacial score (nSPS) is 11.2. The average Bonchev–Trinajstić information content (AvgIpc) is 2.74. The van der Waals surface area contributed by atoms with E-state index < -0.39 is 16.0 Å².